The highest BCUT2D eigenvalue weighted by molar-refractivity contribution is 5.85. The quantitative estimate of drug-likeness (QED) is 0.772. The Kier molecular flexibility index (Phi) is 3.93. The second-order valence-corrected chi connectivity index (χ2v) is 5.55. The molecule has 1 aliphatic rings. The number of nitriles is 1. The number of hydrogen-bond donors (Lipinski definition) is 1. The number of nitrogens with one attached hydrogen (secondary N) is 1. The van der Waals surface area contributed by atoms with Crippen molar-refractivity contribution >= 4 is 5.91 Å². The molecule has 0 aliphatic carbocycles. The highest BCUT2D eigenvalue weighted by Gasteiger charge is 2.40. The van der Waals surface area contributed by atoms with E-state index < -0.39 is 5.41 Å². The molecule has 1 fully saturated rings. The predicted molar refractivity (Wildman–Crippen MR) is 60.6 cm³/mol. The van der Waals surface area contributed by atoms with E-state index in [1.54, 1.807) is 0 Å². The molecule has 0 bridgehead atoms. The van der Waals surface area contributed by atoms with E-state index in [1.807, 2.05) is 0 Å². The molecule has 4 nitrogen and oxygen atoms in total. The second kappa shape index (κ2) is 4.84. The number of hydrogen-bond acceptors (Lipinski definition) is 3. The van der Waals surface area contributed by atoms with Crippen LogP contribution in [0.3, 0.4) is 0 Å². The van der Waals surface area contributed by atoms with Gasteiger partial charge in [0.1, 0.15) is 5.41 Å². The van der Waals surface area contributed by atoms with Gasteiger partial charge >= 0.3 is 0 Å². The van der Waals surface area contributed by atoms with E-state index in [1.165, 1.54) is 0 Å². The maximum absolute atomic E-state index is 12.0. The maximum atomic E-state index is 12.0. The van der Waals surface area contributed by atoms with Gasteiger partial charge in [0.15, 0.2) is 0 Å². The van der Waals surface area contributed by atoms with Crippen LogP contribution >= 0.6 is 0 Å². The third kappa shape index (κ3) is 3.21. The van der Waals surface area contributed by atoms with Crippen molar-refractivity contribution in [2.75, 3.05) is 19.8 Å². The molecule has 90 valence electrons. The van der Waals surface area contributed by atoms with Gasteiger partial charge in [-0.1, -0.05) is 20.8 Å². The van der Waals surface area contributed by atoms with Crippen LogP contribution in [-0.4, -0.2) is 25.7 Å². The van der Waals surface area contributed by atoms with Gasteiger partial charge in [-0.15, -0.1) is 0 Å². The van der Waals surface area contributed by atoms with Gasteiger partial charge in [-0.25, -0.2) is 0 Å². The molecule has 16 heavy (non-hydrogen) atoms. The van der Waals surface area contributed by atoms with Gasteiger partial charge in [-0.3, -0.25) is 4.79 Å². The lowest BCUT2D eigenvalue weighted by atomic mass is 9.80. The molecule has 0 radical (unpaired) electrons. The number of carbonyl (C=O) groups is 1. The smallest absolute Gasteiger partial charge is 0.240 e. The van der Waals surface area contributed by atoms with Crippen molar-refractivity contribution in [1.29, 1.82) is 5.26 Å². The Morgan fingerprint density at radius 1 is 1.44 bits per heavy atom. The maximum Gasteiger partial charge on any atom is 0.240 e. The van der Waals surface area contributed by atoms with E-state index in [4.69, 9.17) is 4.74 Å². The molecular weight excluding hydrogens is 204 g/mol. The van der Waals surface area contributed by atoms with E-state index in [2.05, 4.69) is 32.2 Å². The summed E-state index contributed by atoms with van der Waals surface area (Å²) >= 11 is 0. The van der Waals surface area contributed by atoms with Crippen LogP contribution in [0.25, 0.3) is 0 Å². The fourth-order valence-corrected chi connectivity index (χ4v) is 1.62. The lowest BCUT2D eigenvalue weighted by Gasteiger charge is -2.30. The van der Waals surface area contributed by atoms with Crippen LogP contribution in [0.4, 0.5) is 0 Å². The van der Waals surface area contributed by atoms with Crippen LogP contribution < -0.4 is 5.32 Å². The van der Waals surface area contributed by atoms with Crippen molar-refractivity contribution < 1.29 is 9.53 Å². The first-order valence-electron chi connectivity index (χ1n) is 5.67. The van der Waals surface area contributed by atoms with Gasteiger partial charge in [0.2, 0.25) is 5.91 Å². The molecule has 1 rings (SSSR count). The zero-order valence-corrected chi connectivity index (χ0v) is 10.3. The van der Waals surface area contributed by atoms with E-state index >= 15 is 0 Å². The van der Waals surface area contributed by atoms with Crippen LogP contribution in [0, 0.1) is 22.2 Å². The molecule has 1 aliphatic heterocycles. The summed E-state index contributed by atoms with van der Waals surface area (Å²) < 4.78 is 5.19. The minimum Gasteiger partial charge on any atom is -0.381 e. The average Bonchev–Trinajstić information content (AvgIpc) is 2.25. The molecular formula is C12H20N2O2. The molecule has 0 aromatic rings. The zero-order chi connectivity index (χ0) is 12.2. The van der Waals surface area contributed by atoms with Crippen molar-refractivity contribution in [2.45, 2.75) is 33.6 Å². The Bertz CT molecular complexity index is 293. The molecule has 0 unspecified atom stereocenters. The molecule has 1 amide bonds. The van der Waals surface area contributed by atoms with Crippen molar-refractivity contribution in [3.8, 4) is 6.07 Å². The summed E-state index contributed by atoms with van der Waals surface area (Å²) in [5, 5.41) is 12.0. The van der Waals surface area contributed by atoms with Gasteiger partial charge in [0.25, 0.3) is 0 Å². The number of carbonyl (C=O) groups excluding carboxylic acids is 1. The first-order valence-corrected chi connectivity index (χ1v) is 5.67. The lowest BCUT2D eigenvalue weighted by molar-refractivity contribution is -0.132. The standard InChI is InChI=1S/C12H20N2O2/c1-11(2,3)9-14-10(15)12(8-13)4-6-16-7-5-12/h4-7,9H2,1-3H3,(H,14,15). The molecule has 0 atom stereocenters. The summed E-state index contributed by atoms with van der Waals surface area (Å²) in [5.41, 5.74) is -0.832. The van der Waals surface area contributed by atoms with Gasteiger partial charge < -0.3 is 10.1 Å². The first-order chi connectivity index (χ1) is 7.40. The summed E-state index contributed by atoms with van der Waals surface area (Å²) in [6.07, 6.45) is 0.999. The Morgan fingerprint density at radius 2 is 2.00 bits per heavy atom. The van der Waals surface area contributed by atoms with Gasteiger partial charge in [-0.05, 0) is 18.3 Å². The Labute approximate surface area is 97.0 Å². The van der Waals surface area contributed by atoms with Crippen LogP contribution in [0.2, 0.25) is 0 Å². The number of ether oxygens (including phenoxy) is 1. The van der Waals surface area contributed by atoms with E-state index in [-0.39, 0.29) is 11.3 Å². The second-order valence-electron chi connectivity index (χ2n) is 5.55. The normalized spacial score (nSPS) is 19.9. The molecule has 0 aromatic carbocycles. The van der Waals surface area contributed by atoms with Crippen LogP contribution in [-0.2, 0) is 9.53 Å². The molecule has 1 heterocycles. The van der Waals surface area contributed by atoms with Crippen molar-refractivity contribution in [2.24, 2.45) is 10.8 Å². The number of rotatable bonds is 2. The van der Waals surface area contributed by atoms with Crippen molar-refractivity contribution in [1.82, 2.24) is 5.32 Å². The topological polar surface area (TPSA) is 62.1 Å². The fourth-order valence-electron chi connectivity index (χ4n) is 1.62. The zero-order valence-electron chi connectivity index (χ0n) is 10.3. The van der Waals surface area contributed by atoms with Crippen LogP contribution in [0.1, 0.15) is 33.6 Å². The fraction of sp³-hybridized carbons (Fsp3) is 0.833. The molecule has 0 saturated carbocycles. The third-order valence-corrected chi connectivity index (χ3v) is 2.77. The van der Waals surface area contributed by atoms with Crippen LogP contribution in [0.15, 0.2) is 0 Å². The first kappa shape index (κ1) is 13.0. The van der Waals surface area contributed by atoms with Gasteiger partial charge in [0, 0.05) is 19.8 Å². The van der Waals surface area contributed by atoms with E-state index in [0.717, 1.165) is 0 Å². The summed E-state index contributed by atoms with van der Waals surface area (Å²) in [6, 6.07) is 2.16. The molecule has 4 heteroatoms. The van der Waals surface area contributed by atoms with Gasteiger partial charge in [0.05, 0.1) is 6.07 Å². The highest BCUT2D eigenvalue weighted by Crippen LogP contribution is 2.30. The highest BCUT2D eigenvalue weighted by atomic mass is 16.5. The lowest BCUT2D eigenvalue weighted by Crippen LogP contribution is -2.46. The molecule has 0 aromatic heterocycles. The average molecular weight is 224 g/mol. The van der Waals surface area contributed by atoms with Gasteiger partial charge in [-0.2, -0.15) is 5.26 Å². The van der Waals surface area contributed by atoms with E-state index in [9.17, 15) is 10.1 Å². The Morgan fingerprint density at radius 3 is 2.44 bits per heavy atom. The van der Waals surface area contributed by atoms with Crippen molar-refractivity contribution in [3.63, 3.8) is 0 Å². The SMILES string of the molecule is CC(C)(C)CNC(=O)C1(C#N)CCOCC1. The van der Waals surface area contributed by atoms with Crippen molar-refractivity contribution in [3.05, 3.63) is 0 Å². The third-order valence-electron chi connectivity index (χ3n) is 2.77. The number of nitrogens with zero attached hydrogens (tertiary/aromatic N) is 1. The monoisotopic (exact) mass is 224 g/mol. The minimum atomic E-state index is -0.872. The van der Waals surface area contributed by atoms with Crippen LogP contribution in [0.5, 0.6) is 0 Å². The molecule has 1 N–H and O–H groups in total. The Hall–Kier alpha value is -1.08. The molecule has 1 saturated heterocycles. The summed E-state index contributed by atoms with van der Waals surface area (Å²) in [5.74, 6) is -0.145. The summed E-state index contributed by atoms with van der Waals surface area (Å²) in [7, 11) is 0. The summed E-state index contributed by atoms with van der Waals surface area (Å²) in [6.45, 7) is 7.74. The number of amides is 1. The molecule has 0 spiro atoms. The summed E-state index contributed by atoms with van der Waals surface area (Å²) in [4.78, 5) is 12.0. The van der Waals surface area contributed by atoms with E-state index in [0.29, 0.717) is 32.6 Å². The Balaban J connectivity index is 2.60. The predicted octanol–water partition coefficient (Wildman–Crippen LogP) is 1.47. The minimum absolute atomic E-state index is 0.0392. The largest absolute Gasteiger partial charge is 0.381 e.